The van der Waals surface area contributed by atoms with Crippen LogP contribution in [0.25, 0.3) is 0 Å². The van der Waals surface area contributed by atoms with Crippen LogP contribution >= 0.6 is 0 Å². The lowest BCUT2D eigenvalue weighted by Gasteiger charge is -2.16. The van der Waals surface area contributed by atoms with Gasteiger partial charge in [0, 0.05) is 18.7 Å². The number of hydrogen-bond acceptors (Lipinski definition) is 4. The summed E-state index contributed by atoms with van der Waals surface area (Å²) >= 11 is 0. The van der Waals surface area contributed by atoms with Gasteiger partial charge >= 0.3 is 0 Å². The van der Waals surface area contributed by atoms with Crippen molar-refractivity contribution in [2.45, 2.75) is 19.3 Å². The first-order valence-electron chi connectivity index (χ1n) is 10.0. The Kier molecular flexibility index (Phi) is 6.66. The van der Waals surface area contributed by atoms with Crippen LogP contribution in [-0.2, 0) is 5.41 Å². The van der Waals surface area contributed by atoms with Gasteiger partial charge in [0.15, 0.2) is 0 Å². The van der Waals surface area contributed by atoms with Gasteiger partial charge in [-0.1, -0.05) is 36.4 Å². The van der Waals surface area contributed by atoms with Gasteiger partial charge in [0.25, 0.3) is 0 Å². The molecule has 1 aliphatic rings. The molecule has 5 nitrogen and oxygen atoms in total. The zero-order chi connectivity index (χ0) is 21.1. The Morgan fingerprint density at radius 3 is 2.03 bits per heavy atom. The summed E-state index contributed by atoms with van der Waals surface area (Å²) in [6.07, 6.45) is 1.96. The second-order valence-electron chi connectivity index (χ2n) is 7.91. The fourth-order valence-electron chi connectivity index (χ4n) is 3.78. The molecule has 0 saturated heterocycles. The van der Waals surface area contributed by atoms with Crippen LogP contribution in [0.5, 0.6) is 0 Å². The third kappa shape index (κ3) is 4.57. The third-order valence-electron chi connectivity index (χ3n) is 5.55. The van der Waals surface area contributed by atoms with Gasteiger partial charge in [-0.15, -0.1) is 0 Å². The molecule has 0 bridgehead atoms. The van der Waals surface area contributed by atoms with Crippen LogP contribution in [0.1, 0.15) is 19.4 Å². The molecule has 1 heterocycles. The number of hydrazone groups is 1. The zero-order valence-electron chi connectivity index (χ0n) is 18.2. The van der Waals surface area contributed by atoms with Crippen molar-refractivity contribution in [2.24, 2.45) is 15.3 Å². The van der Waals surface area contributed by atoms with Crippen molar-refractivity contribution in [3.8, 4) is 0 Å². The van der Waals surface area contributed by atoms with Crippen molar-refractivity contribution in [2.75, 3.05) is 19.1 Å². The molecule has 0 aromatic heterocycles. The maximum atomic E-state index is 4.70. The SMILES string of the molecule is CN(N=CC1=[N+](C)c2ccccc2C1(C)C)c1ccc(N=Nc2ccccc2)cc1.[Cl-]. The van der Waals surface area contributed by atoms with Crippen molar-refractivity contribution in [1.29, 1.82) is 0 Å². The summed E-state index contributed by atoms with van der Waals surface area (Å²) in [5.41, 5.74) is 6.28. The molecule has 6 heteroatoms. The lowest BCUT2D eigenvalue weighted by molar-refractivity contribution is -0.400. The van der Waals surface area contributed by atoms with E-state index in [2.05, 4.69) is 60.0 Å². The normalized spacial score (nSPS) is 14.7. The molecule has 3 aromatic carbocycles. The Morgan fingerprint density at radius 2 is 1.39 bits per heavy atom. The minimum absolute atomic E-state index is 0. The molecule has 3 aromatic rings. The van der Waals surface area contributed by atoms with E-state index in [0.717, 1.165) is 17.1 Å². The van der Waals surface area contributed by atoms with Gasteiger partial charge < -0.3 is 12.4 Å². The van der Waals surface area contributed by atoms with Gasteiger partial charge in [-0.25, -0.2) is 0 Å². The van der Waals surface area contributed by atoms with Crippen molar-refractivity contribution in [1.82, 2.24) is 0 Å². The summed E-state index contributed by atoms with van der Waals surface area (Å²) in [4.78, 5) is 0. The molecule has 0 spiro atoms. The predicted molar refractivity (Wildman–Crippen MR) is 124 cm³/mol. The van der Waals surface area contributed by atoms with Crippen molar-refractivity contribution < 1.29 is 17.0 Å². The van der Waals surface area contributed by atoms with Gasteiger partial charge in [0.2, 0.25) is 11.4 Å². The first-order valence-corrected chi connectivity index (χ1v) is 10.0. The van der Waals surface area contributed by atoms with Crippen molar-refractivity contribution in [3.05, 3.63) is 84.4 Å². The van der Waals surface area contributed by atoms with Gasteiger partial charge in [-0.2, -0.15) is 19.9 Å². The van der Waals surface area contributed by atoms with E-state index in [-0.39, 0.29) is 17.8 Å². The number of para-hydroxylation sites is 1. The van der Waals surface area contributed by atoms with Crippen molar-refractivity contribution in [3.63, 3.8) is 0 Å². The molecular weight excluding hydrogens is 406 g/mol. The van der Waals surface area contributed by atoms with E-state index in [9.17, 15) is 0 Å². The maximum Gasteiger partial charge on any atom is 0.212 e. The van der Waals surface area contributed by atoms with Gasteiger partial charge in [-0.3, -0.25) is 5.01 Å². The molecule has 0 amide bonds. The average molecular weight is 432 g/mol. The molecule has 158 valence electrons. The Balaban J connectivity index is 0.00000272. The molecule has 0 unspecified atom stereocenters. The number of fused-ring (bicyclic) bond motifs is 1. The van der Waals surface area contributed by atoms with E-state index in [1.54, 1.807) is 0 Å². The number of benzene rings is 3. The summed E-state index contributed by atoms with van der Waals surface area (Å²) in [6, 6.07) is 26.1. The predicted octanol–water partition coefficient (Wildman–Crippen LogP) is 3.23. The smallest absolute Gasteiger partial charge is 0.212 e. The summed E-state index contributed by atoms with van der Waals surface area (Å²) < 4.78 is 2.22. The summed E-state index contributed by atoms with van der Waals surface area (Å²) in [7, 11) is 4.05. The minimum atomic E-state index is -0.0859. The molecule has 4 rings (SSSR count). The zero-order valence-corrected chi connectivity index (χ0v) is 19.0. The van der Waals surface area contributed by atoms with Crippen LogP contribution in [-0.4, -0.2) is 30.6 Å². The van der Waals surface area contributed by atoms with Crippen LogP contribution in [0, 0.1) is 0 Å². The molecule has 0 radical (unpaired) electrons. The number of halogens is 1. The molecule has 0 fully saturated rings. The van der Waals surface area contributed by atoms with E-state index in [1.807, 2.05) is 72.9 Å². The first-order chi connectivity index (χ1) is 14.5. The van der Waals surface area contributed by atoms with E-state index in [0.29, 0.717) is 0 Å². The van der Waals surface area contributed by atoms with E-state index >= 15 is 0 Å². The Hall–Kier alpha value is -3.31. The topological polar surface area (TPSA) is 43.3 Å². The van der Waals surface area contributed by atoms with E-state index in [4.69, 9.17) is 5.10 Å². The highest BCUT2D eigenvalue weighted by molar-refractivity contribution is 6.33. The quantitative estimate of drug-likeness (QED) is 0.265. The first kappa shape index (κ1) is 22.4. The number of rotatable bonds is 5. The highest BCUT2D eigenvalue weighted by Crippen LogP contribution is 2.38. The minimum Gasteiger partial charge on any atom is -1.00 e. The number of anilines is 1. The number of nitrogens with zero attached hydrogens (tertiary/aromatic N) is 5. The monoisotopic (exact) mass is 431 g/mol. The van der Waals surface area contributed by atoms with E-state index < -0.39 is 0 Å². The fourth-order valence-corrected chi connectivity index (χ4v) is 3.78. The number of hydrogen-bond donors (Lipinski definition) is 0. The maximum absolute atomic E-state index is 4.70. The lowest BCUT2D eigenvalue weighted by atomic mass is 9.82. The molecule has 0 aliphatic carbocycles. The summed E-state index contributed by atoms with van der Waals surface area (Å²) in [5, 5.41) is 15.1. The van der Waals surface area contributed by atoms with Crippen LogP contribution in [0.2, 0.25) is 0 Å². The van der Waals surface area contributed by atoms with Crippen LogP contribution in [0.3, 0.4) is 0 Å². The van der Waals surface area contributed by atoms with Crippen LogP contribution < -0.4 is 17.4 Å². The highest BCUT2D eigenvalue weighted by Gasteiger charge is 2.43. The Labute approximate surface area is 189 Å². The standard InChI is InChI=1S/C25H26N5.ClH/c1-25(2)22-12-8-9-13-23(22)29(3)24(25)18-26-30(4)21-16-14-20(15-17-21)28-27-19-10-6-5-7-11-19;/h5-18H,1-4H3;1H/q+1;/p-1. The summed E-state index contributed by atoms with van der Waals surface area (Å²) in [5.74, 6) is 0. The average Bonchev–Trinajstić information content (AvgIpc) is 2.97. The van der Waals surface area contributed by atoms with E-state index in [1.165, 1.54) is 17.0 Å². The number of azo groups is 1. The van der Waals surface area contributed by atoms with Crippen LogP contribution in [0.15, 0.2) is 94.2 Å². The molecule has 31 heavy (non-hydrogen) atoms. The largest absolute Gasteiger partial charge is 1.00 e. The molecule has 0 atom stereocenters. The van der Waals surface area contributed by atoms with Crippen LogP contribution in [0.4, 0.5) is 22.7 Å². The Bertz CT molecular complexity index is 1130. The highest BCUT2D eigenvalue weighted by atomic mass is 35.5. The Morgan fingerprint density at radius 1 is 0.806 bits per heavy atom. The van der Waals surface area contributed by atoms with Gasteiger partial charge in [0.1, 0.15) is 13.3 Å². The van der Waals surface area contributed by atoms with Gasteiger partial charge in [0.05, 0.1) is 22.5 Å². The van der Waals surface area contributed by atoms with Gasteiger partial charge in [-0.05, 0) is 50.2 Å². The molecule has 0 saturated carbocycles. The fraction of sp³-hybridized carbons (Fsp3) is 0.200. The molecular formula is C25H26ClN5. The lowest BCUT2D eigenvalue weighted by Crippen LogP contribution is -3.00. The third-order valence-corrected chi connectivity index (χ3v) is 5.55. The second-order valence-corrected chi connectivity index (χ2v) is 7.91. The van der Waals surface area contributed by atoms with Crippen molar-refractivity contribution >= 4 is 34.7 Å². The second kappa shape index (κ2) is 9.23. The molecule has 0 N–H and O–H groups in total. The molecule has 1 aliphatic heterocycles. The summed E-state index contributed by atoms with van der Waals surface area (Å²) in [6.45, 7) is 4.48.